The quantitative estimate of drug-likeness (QED) is 0.816. The normalized spacial score (nSPS) is 32.3. The minimum Gasteiger partial charge on any atom is -0.480 e. The Morgan fingerprint density at radius 1 is 1.17 bits per heavy atom. The molecule has 18 heavy (non-hydrogen) atoms. The summed E-state index contributed by atoms with van der Waals surface area (Å²) in [6.45, 7) is 0. The molecule has 2 fully saturated rings. The zero-order valence-electron chi connectivity index (χ0n) is 9.59. The summed E-state index contributed by atoms with van der Waals surface area (Å²) in [5.74, 6) is -3.00. The highest BCUT2D eigenvalue weighted by atomic mass is 19.4. The van der Waals surface area contributed by atoms with Gasteiger partial charge in [-0.1, -0.05) is 19.3 Å². The van der Waals surface area contributed by atoms with E-state index in [9.17, 15) is 22.8 Å². The predicted octanol–water partition coefficient (Wildman–Crippen LogP) is 1.70. The molecule has 2 aliphatic carbocycles. The number of aliphatic carboxylic acids is 1. The van der Waals surface area contributed by atoms with Gasteiger partial charge in [-0.15, -0.1) is 0 Å². The third kappa shape index (κ3) is 2.18. The van der Waals surface area contributed by atoms with Gasteiger partial charge >= 0.3 is 18.1 Å². The van der Waals surface area contributed by atoms with Gasteiger partial charge in [0.05, 0.1) is 0 Å². The van der Waals surface area contributed by atoms with E-state index in [1.807, 2.05) is 0 Å². The van der Waals surface area contributed by atoms with Gasteiger partial charge in [0.2, 0.25) is 0 Å². The van der Waals surface area contributed by atoms with Gasteiger partial charge in [0, 0.05) is 0 Å². The van der Waals surface area contributed by atoms with Crippen molar-refractivity contribution < 1.29 is 27.9 Å². The number of nitrogens with one attached hydrogen (secondary N) is 1. The number of carbonyl (C=O) groups excluding carboxylic acids is 1. The third-order valence-corrected chi connectivity index (χ3v) is 4.06. The molecule has 0 aliphatic heterocycles. The molecule has 0 aromatic rings. The van der Waals surface area contributed by atoms with Gasteiger partial charge in [-0.05, 0) is 24.7 Å². The summed E-state index contributed by atoms with van der Waals surface area (Å²) in [5.41, 5.74) is -1.72. The highest BCUT2D eigenvalue weighted by molar-refractivity contribution is 5.90. The molecule has 0 saturated heterocycles. The lowest BCUT2D eigenvalue weighted by Crippen LogP contribution is -2.65. The smallest absolute Gasteiger partial charge is 0.471 e. The van der Waals surface area contributed by atoms with Crippen molar-refractivity contribution in [1.82, 2.24) is 5.32 Å². The second-order valence-corrected chi connectivity index (χ2v) is 5.20. The Morgan fingerprint density at radius 3 is 2.06 bits per heavy atom. The van der Waals surface area contributed by atoms with Crippen molar-refractivity contribution in [1.29, 1.82) is 0 Å². The summed E-state index contributed by atoms with van der Waals surface area (Å²) in [5, 5.41) is 10.6. The molecular weight excluding hydrogens is 251 g/mol. The second kappa shape index (κ2) is 4.13. The summed E-state index contributed by atoms with van der Waals surface area (Å²) < 4.78 is 36.4. The van der Waals surface area contributed by atoms with E-state index in [1.54, 1.807) is 5.32 Å². The molecule has 2 N–H and O–H groups in total. The molecule has 0 heterocycles. The zero-order chi connectivity index (χ0) is 13.6. The molecule has 0 radical (unpaired) electrons. The Morgan fingerprint density at radius 2 is 1.72 bits per heavy atom. The Balaban J connectivity index is 1.98. The van der Waals surface area contributed by atoms with E-state index in [-0.39, 0.29) is 18.8 Å². The Kier molecular flexibility index (Phi) is 3.03. The number of carboxylic acids is 1. The maximum atomic E-state index is 12.1. The lowest BCUT2D eigenvalue weighted by Gasteiger charge is -2.50. The lowest BCUT2D eigenvalue weighted by molar-refractivity contribution is -0.181. The number of rotatable bonds is 3. The van der Waals surface area contributed by atoms with Gasteiger partial charge in [-0.3, -0.25) is 4.79 Å². The summed E-state index contributed by atoms with van der Waals surface area (Å²) in [7, 11) is 0. The number of hydrogen-bond acceptors (Lipinski definition) is 2. The zero-order valence-corrected chi connectivity index (χ0v) is 9.59. The van der Waals surface area contributed by atoms with Crippen molar-refractivity contribution in [3.8, 4) is 0 Å². The monoisotopic (exact) mass is 265 g/mol. The molecule has 2 saturated carbocycles. The number of hydrogen-bond donors (Lipinski definition) is 2. The van der Waals surface area contributed by atoms with Gasteiger partial charge in [0.25, 0.3) is 0 Å². The average molecular weight is 265 g/mol. The summed E-state index contributed by atoms with van der Waals surface area (Å²) in [4.78, 5) is 21.9. The summed E-state index contributed by atoms with van der Waals surface area (Å²) in [6, 6.07) is 0. The van der Waals surface area contributed by atoms with Crippen LogP contribution in [-0.4, -0.2) is 28.7 Å². The SMILES string of the molecule is O=C(NC1(C(=O)O)CC(C2CCC2)C1)C(F)(F)F. The minimum absolute atomic E-state index is 0.106. The largest absolute Gasteiger partial charge is 0.480 e. The van der Waals surface area contributed by atoms with Crippen molar-refractivity contribution >= 4 is 11.9 Å². The highest BCUT2D eigenvalue weighted by Crippen LogP contribution is 2.49. The van der Waals surface area contributed by atoms with E-state index >= 15 is 0 Å². The van der Waals surface area contributed by atoms with Crippen molar-refractivity contribution in [2.75, 3.05) is 0 Å². The molecule has 2 rings (SSSR count). The van der Waals surface area contributed by atoms with Crippen molar-refractivity contribution in [3.63, 3.8) is 0 Å². The maximum Gasteiger partial charge on any atom is 0.471 e. The number of carboxylic acid groups (broad SMARTS) is 1. The average Bonchev–Trinajstić information content (AvgIpc) is 2.08. The van der Waals surface area contributed by atoms with E-state index in [1.165, 1.54) is 0 Å². The molecule has 7 heteroatoms. The molecule has 0 spiro atoms. The molecule has 0 bridgehead atoms. The summed E-state index contributed by atoms with van der Waals surface area (Å²) in [6.07, 6.45) is -1.72. The van der Waals surface area contributed by atoms with Crippen LogP contribution in [0.15, 0.2) is 0 Å². The van der Waals surface area contributed by atoms with Gasteiger partial charge in [0.1, 0.15) is 5.54 Å². The first-order chi connectivity index (χ1) is 8.24. The molecule has 0 aromatic heterocycles. The van der Waals surface area contributed by atoms with Gasteiger partial charge < -0.3 is 10.4 Å². The Labute approximate surface area is 102 Å². The minimum atomic E-state index is -5.04. The van der Waals surface area contributed by atoms with Crippen LogP contribution in [0.1, 0.15) is 32.1 Å². The molecule has 1 amide bonds. The van der Waals surface area contributed by atoms with E-state index in [4.69, 9.17) is 5.11 Å². The van der Waals surface area contributed by atoms with Gasteiger partial charge in [-0.25, -0.2) is 4.79 Å². The number of amides is 1. The third-order valence-electron chi connectivity index (χ3n) is 4.06. The van der Waals surface area contributed by atoms with Crippen molar-refractivity contribution in [2.45, 2.75) is 43.8 Å². The fourth-order valence-electron chi connectivity index (χ4n) is 2.70. The topological polar surface area (TPSA) is 66.4 Å². The van der Waals surface area contributed by atoms with E-state index in [2.05, 4.69) is 0 Å². The predicted molar refractivity (Wildman–Crippen MR) is 54.6 cm³/mol. The van der Waals surface area contributed by atoms with E-state index < -0.39 is 23.6 Å². The number of halogens is 3. The fraction of sp³-hybridized carbons (Fsp3) is 0.818. The first kappa shape index (κ1) is 13.2. The Hall–Kier alpha value is -1.27. The van der Waals surface area contributed by atoms with Crippen LogP contribution < -0.4 is 5.32 Å². The standard InChI is InChI=1S/C11H14F3NO3/c12-11(13,14)8(16)15-10(9(17)18)4-7(5-10)6-2-1-3-6/h6-7H,1-5H2,(H,15,16)(H,17,18). The Bertz CT molecular complexity index is 370. The van der Waals surface area contributed by atoms with Crippen molar-refractivity contribution in [3.05, 3.63) is 0 Å². The fourth-order valence-corrected chi connectivity index (χ4v) is 2.70. The number of carbonyl (C=O) groups is 2. The van der Waals surface area contributed by atoms with Gasteiger partial charge in [0.15, 0.2) is 0 Å². The van der Waals surface area contributed by atoms with Gasteiger partial charge in [-0.2, -0.15) is 13.2 Å². The molecule has 0 atom stereocenters. The van der Waals surface area contributed by atoms with E-state index in [0.29, 0.717) is 5.92 Å². The summed E-state index contributed by atoms with van der Waals surface area (Å²) >= 11 is 0. The van der Waals surface area contributed by atoms with Crippen LogP contribution in [0.3, 0.4) is 0 Å². The molecule has 2 aliphatic rings. The van der Waals surface area contributed by atoms with E-state index in [0.717, 1.165) is 19.3 Å². The van der Waals surface area contributed by atoms with Crippen LogP contribution in [0.25, 0.3) is 0 Å². The van der Waals surface area contributed by atoms with Crippen molar-refractivity contribution in [2.24, 2.45) is 11.8 Å². The molecule has 0 aromatic carbocycles. The van der Waals surface area contributed by atoms with Crippen LogP contribution in [0.5, 0.6) is 0 Å². The maximum absolute atomic E-state index is 12.1. The molecular formula is C11H14F3NO3. The van der Waals surface area contributed by atoms with Crippen LogP contribution >= 0.6 is 0 Å². The van der Waals surface area contributed by atoms with Crippen LogP contribution in [0.2, 0.25) is 0 Å². The first-order valence-electron chi connectivity index (χ1n) is 5.87. The molecule has 4 nitrogen and oxygen atoms in total. The first-order valence-corrected chi connectivity index (χ1v) is 5.87. The van der Waals surface area contributed by atoms with Crippen LogP contribution in [0.4, 0.5) is 13.2 Å². The lowest BCUT2D eigenvalue weighted by atomic mass is 9.58. The highest BCUT2D eigenvalue weighted by Gasteiger charge is 2.56. The van der Waals surface area contributed by atoms with Crippen LogP contribution in [0, 0.1) is 11.8 Å². The number of alkyl halides is 3. The molecule has 0 unspecified atom stereocenters. The molecule has 102 valence electrons. The van der Waals surface area contributed by atoms with Crippen LogP contribution in [-0.2, 0) is 9.59 Å². The second-order valence-electron chi connectivity index (χ2n) is 5.20.